The molecule has 22 nitrogen and oxygen atoms in total. The van der Waals surface area contributed by atoms with Crippen LogP contribution in [0, 0.1) is 32.3 Å². The van der Waals surface area contributed by atoms with Gasteiger partial charge in [0.05, 0.1) is 118 Å². The lowest BCUT2D eigenvalue weighted by Crippen LogP contribution is -2.44. The summed E-state index contributed by atoms with van der Waals surface area (Å²) in [4.78, 5) is 88.5. The first-order valence-electron chi connectivity index (χ1n) is 39.6. The van der Waals surface area contributed by atoms with Gasteiger partial charge in [-0.1, -0.05) is 129 Å². The molecule has 0 amide bonds. The number of nitrogens with zero attached hydrogens (tertiary/aromatic N) is 4. The van der Waals surface area contributed by atoms with Gasteiger partial charge in [-0.2, -0.15) is 0 Å². The number of hydrogen-bond acceptors (Lipinski definition) is 22. The van der Waals surface area contributed by atoms with E-state index in [-0.39, 0.29) is 149 Å². The molecule has 0 heterocycles. The van der Waals surface area contributed by atoms with E-state index in [0.29, 0.717) is 54.5 Å². The molecule has 0 aliphatic rings. The normalized spacial score (nSPS) is 13.4. The van der Waals surface area contributed by atoms with Gasteiger partial charge in [-0.15, -0.1) is 0 Å². The molecule has 0 aliphatic carbocycles. The monoisotopic (exact) mass is 2480 g/mol. The molecule has 2 atom stereocenters. The van der Waals surface area contributed by atoms with Crippen molar-refractivity contribution in [2.75, 3.05) is 67.8 Å². The number of carbonyl (C=O) groups excluding carboxylic acids is 6. The van der Waals surface area contributed by atoms with Crippen molar-refractivity contribution in [2.24, 2.45) is 20.8 Å². The lowest BCUT2D eigenvalue weighted by Gasteiger charge is -2.38. The zero-order chi connectivity index (χ0) is 94.7. The Kier molecular flexibility index (Phi) is 50.2. The predicted octanol–water partition coefficient (Wildman–Crippen LogP) is 25.2. The van der Waals surface area contributed by atoms with E-state index >= 15 is 0 Å². The Morgan fingerprint density at radius 1 is 0.426 bits per heavy atom. The standard InChI is InChI=1S/C27H42ClI2NO5Si.C27H43ClINO5Si.C17H20ClI2NO4.C17H21ClINO4/c1-12-34-25(33)18(14-31-20(26(4,5)6)15-35-37(10,11)27(7,8)9)23(32)17-13-19(29)24(36-16(2)3)22(30)21(17)28;1-12-33-25(32)19(24(31)18-13-21(29)22(14-20(18)28)35-17(2)3)15-30-23(26(4,5)6)16-34-36(10,11)27(7,8)9;1-6-24-17(23)11(8-21(4)5)15(22)10-7-12(19)16(25-9(2)3)14(20)13(10)18;1-6-23-17(22)12(9-20(4)5)16(21)11-7-14(19)15(8-13(11)18)24-10(2)3/h13-14,16,20,32H,12,15H2,1-11H3;13-15,17,23,31H,12,16H2,1-11H3;7-9H,6H2,1-5H3;7-10H,6H2,1-5H3. The molecule has 0 aliphatic heterocycles. The summed E-state index contributed by atoms with van der Waals surface area (Å²) >= 11 is 38.3. The number of ether oxygens (including phenoxy) is 8. The fraction of sp³-hybridized carbons (Fsp3) is 0.545. The molecular formula is C88H126Cl4I6N4O18Si2. The molecule has 0 aromatic heterocycles. The molecular weight excluding hydrogens is 2360 g/mol. The summed E-state index contributed by atoms with van der Waals surface area (Å²) in [5.74, 6) is -1.79. The minimum absolute atomic E-state index is 0.0140. The van der Waals surface area contributed by atoms with E-state index in [1.54, 1.807) is 102 Å². The van der Waals surface area contributed by atoms with Crippen LogP contribution in [0.5, 0.6) is 23.0 Å². The van der Waals surface area contributed by atoms with Gasteiger partial charge >= 0.3 is 23.9 Å². The fourth-order valence-electron chi connectivity index (χ4n) is 9.41. The second kappa shape index (κ2) is 52.5. The van der Waals surface area contributed by atoms with Gasteiger partial charge in [-0.3, -0.25) is 19.6 Å². The zero-order valence-corrected chi connectivity index (χ0v) is 94.4. The van der Waals surface area contributed by atoms with Crippen LogP contribution in [0.25, 0.3) is 11.5 Å². The van der Waals surface area contributed by atoms with Crippen LogP contribution >= 0.6 is 182 Å². The second-order valence-corrected chi connectivity index (χ2v) is 52.5. The largest absolute Gasteiger partial charge is 0.506 e. The van der Waals surface area contributed by atoms with Crippen molar-refractivity contribution in [3.63, 3.8) is 0 Å². The predicted molar refractivity (Wildman–Crippen MR) is 553 cm³/mol. The van der Waals surface area contributed by atoms with Gasteiger partial charge < -0.3 is 66.8 Å². The zero-order valence-electron chi connectivity index (χ0n) is 76.5. The average Bonchev–Trinajstić information content (AvgIpc) is 0.799. The van der Waals surface area contributed by atoms with E-state index in [1.807, 2.05) is 78.0 Å². The molecule has 684 valence electrons. The fourth-order valence-corrected chi connectivity index (χ4v) is 17.4. The highest BCUT2D eigenvalue weighted by molar-refractivity contribution is 14.1. The Labute approximate surface area is 829 Å². The number of aliphatic hydroxyl groups excluding tert-OH is 2. The first kappa shape index (κ1) is 117. The Bertz CT molecular complexity index is 4460. The van der Waals surface area contributed by atoms with Gasteiger partial charge in [0.1, 0.15) is 56.8 Å². The van der Waals surface area contributed by atoms with Crippen molar-refractivity contribution >= 4 is 258 Å². The summed E-state index contributed by atoms with van der Waals surface area (Å²) in [7, 11) is 2.88. The summed E-state index contributed by atoms with van der Waals surface area (Å²) in [5.41, 5.74) is 0.343. The van der Waals surface area contributed by atoms with Crippen molar-refractivity contribution in [2.45, 2.75) is 239 Å². The first-order valence-corrected chi connectivity index (χ1v) is 53.4. The van der Waals surface area contributed by atoms with Gasteiger partial charge in [0.2, 0.25) is 11.6 Å². The maximum absolute atomic E-state index is 12.9. The number of Topliss-reactive ketones (excluding diaryl/α,β-unsaturated/α-hetero) is 2. The summed E-state index contributed by atoms with van der Waals surface area (Å²) in [5, 5.41) is 23.6. The SMILES string of the molecule is CCOC(=O)C(=CN(C)C)C(=O)c1cc(I)c(OC(C)C)c(I)c1Cl.CCOC(=O)C(=CN(C)C)C(=O)c1cc(I)c(OC(C)C)cc1Cl.CCOC(=O)C(C=NC(CO[Si](C)(C)C(C)(C)C)C(C)(C)C)=C(O)c1cc(I)c(OC(C)C)c(I)c1Cl.CCOC(=O)C(C=NC(CO[Si](C)(C)C(C)(C)C)C(C)(C)C)=C(O)c1cc(I)c(OC(C)C)cc1Cl. The number of esters is 4. The molecule has 2 unspecified atom stereocenters. The highest BCUT2D eigenvalue weighted by atomic mass is 127. The number of halogens is 10. The van der Waals surface area contributed by atoms with Crippen molar-refractivity contribution in [1.29, 1.82) is 0 Å². The molecule has 0 saturated heterocycles. The van der Waals surface area contributed by atoms with Crippen molar-refractivity contribution in [3.05, 3.63) is 135 Å². The third kappa shape index (κ3) is 37.3. The summed E-state index contributed by atoms with van der Waals surface area (Å²) in [6.45, 7) is 58.0. The molecule has 34 heteroatoms. The van der Waals surface area contributed by atoms with E-state index in [4.69, 9.17) is 103 Å². The lowest BCUT2D eigenvalue weighted by atomic mass is 9.87. The molecule has 2 N–H and O–H groups in total. The van der Waals surface area contributed by atoms with Crippen LogP contribution in [-0.4, -0.2) is 189 Å². The summed E-state index contributed by atoms with van der Waals surface area (Å²) in [6, 6.07) is 9.36. The van der Waals surface area contributed by atoms with E-state index < -0.39 is 52.1 Å². The maximum Gasteiger partial charge on any atom is 0.343 e. The van der Waals surface area contributed by atoms with E-state index in [9.17, 15) is 39.0 Å². The average molecular weight is 2490 g/mol. The van der Waals surface area contributed by atoms with Crippen molar-refractivity contribution in [1.82, 2.24) is 9.80 Å². The molecule has 4 aromatic carbocycles. The van der Waals surface area contributed by atoms with Crippen LogP contribution in [0.3, 0.4) is 0 Å². The molecule has 122 heavy (non-hydrogen) atoms. The van der Waals surface area contributed by atoms with Crippen LogP contribution in [0.15, 0.2) is 81.1 Å². The highest BCUT2D eigenvalue weighted by Gasteiger charge is 2.41. The number of aliphatic imine (C=N–C) groups is 2. The molecule has 0 bridgehead atoms. The summed E-state index contributed by atoms with van der Waals surface area (Å²) < 4.78 is 60.8. The second-order valence-electron chi connectivity index (χ2n) is 34.5. The van der Waals surface area contributed by atoms with Gasteiger partial charge in [0.15, 0.2) is 16.6 Å². The van der Waals surface area contributed by atoms with Gasteiger partial charge in [-0.05, 0) is 290 Å². The quantitative estimate of drug-likeness (QED) is 0.00376. The topological polar surface area (TPSA) is 266 Å². The van der Waals surface area contributed by atoms with Gasteiger partial charge in [0.25, 0.3) is 0 Å². The Balaban J connectivity index is 0.000000827. The number of hydrogen-bond donors (Lipinski definition) is 2. The van der Waals surface area contributed by atoms with E-state index in [0.717, 1.165) is 14.3 Å². The van der Waals surface area contributed by atoms with E-state index in [2.05, 4.69) is 222 Å². The minimum atomic E-state index is -2.01. The number of rotatable bonds is 34. The van der Waals surface area contributed by atoms with Crippen molar-refractivity contribution < 1.29 is 85.7 Å². The third-order valence-electron chi connectivity index (χ3n) is 18.0. The van der Waals surface area contributed by atoms with Crippen LogP contribution in [0.4, 0.5) is 0 Å². The van der Waals surface area contributed by atoms with Crippen LogP contribution in [0.2, 0.25) is 56.4 Å². The molecule has 0 radical (unpaired) electrons. The lowest BCUT2D eigenvalue weighted by molar-refractivity contribution is -0.139. The molecule has 4 rings (SSSR count). The molecule has 0 saturated carbocycles. The highest BCUT2D eigenvalue weighted by Crippen LogP contribution is 2.44. The number of aliphatic hydroxyl groups is 2. The third-order valence-corrected chi connectivity index (χ3v) is 34.4. The minimum Gasteiger partial charge on any atom is -0.506 e. The van der Waals surface area contributed by atoms with Gasteiger partial charge in [-0.25, -0.2) is 19.2 Å². The van der Waals surface area contributed by atoms with Gasteiger partial charge in [0, 0.05) is 87.4 Å². The van der Waals surface area contributed by atoms with Crippen LogP contribution in [0.1, 0.15) is 198 Å². The van der Waals surface area contributed by atoms with Crippen molar-refractivity contribution in [3.8, 4) is 23.0 Å². The smallest absolute Gasteiger partial charge is 0.343 e. The molecule has 0 fully saturated rings. The first-order chi connectivity index (χ1) is 55.8. The Morgan fingerprint density at radius 3 is 1.01 bits per heavy atom. The number of ketones is 2. The van der Waals surface area contributed by atoms with Crippen LogP contribution < -0.4 is 18.9 Å². The number of carbonyl (C=O) groups is 6. The molecule has 4 aromatic rings. The Morgan fingerprint density at radius 2 is 0.705 bits per heavy atom. The molecule has 0 spiro atoms. The maximum atomic E-state index is 12.9. The summed E-state index contributed by atoms with van der Waals surface area (Å²) in [6.07, 6.45) is 5.54. The van der Waals surface area contributed by atoms with Crippen LogP contribution in [-0.2, 0) is 47.0 Å². The number of benzene rings is 4. The van der Waals surface area contributed by atoms with E-state index in [1.165, 1.54) is 24.8 Å². The Hall–Kier alpha value is -3.31.